The maximum absolute atomic E-state index is 12.4. The van der Waals surface area contributed by atoms with Crippen LogP contribution < -0.4 is 10.2 Å². The molecule has 1 saturated heterocycles. The van der Waals surface area contributed by atoms with Crippen LogP contribution in [0.15, 0.2) is 18.5 Å². The van der Waals surface area contributed by atoms with Crippen molar-refractivity contribution in [3.05, 3.63) is 29.0 Å². The number of rotatable bonds is 4. The molecule has 0 radical (unpaired) electrons. The molecule has 0 spiro atoms. The molecule has 0 unspecified atom stereocenters. The van der Waals surface area contributed by atoms with Crippen LogP contribution in [0, 0.1) is 12.8 Å². The minimum absolute atomic E-state index is 0.0317. The van der Waals surface area contributed by atoms with Gasteiger partial charge in [0.1, 0.15) is 0 Å². The van der Waals surface area contributed by atoms with Gasteiger partial charge in [-0.2, -0.15) is 0 Å². The van der Waals surface area contributed by atoms with Crippen LogP contribution in [0.25, 0.3) is 0 Å². The van der Waals surface area contributed by atoms with E-state index in [0.717, 1.165) is 49.1 Å². The molecule has 0 saturated carbocycles. The summed E-state index contributed by atoms with van der Waals surface area (Å²) in [5, 5.41) is 3.70. The number of nitrogens with zero attached hydrogens (tertiary/aromatic N) is 4. The number of anilines is 2. The van der Waals surface area contributed by atoms with Crippen LogP contribution in [0.4, 0.5) is 11.1 Å². The fraction of sp³-hybridized carbons (Fsp3) is 0.500. The van der Waals surface area contributed by atoms with Gasteiger partial charge in [-0.3, -0.25) is 4.79 Å². The number of aromatic nitrogens is 3. The summed E-state index contributed by atoms with van der Waals surface area (Å²) in [6.07, 6.45) is 6.02. The zero-order chi connectivity index (χ0) is 16.2. The molecule has 1 amide bonds. The Morgan fingerprint density at radius 3 is 2.65 bits per heavy atom. The Hall–Kier alpha value is -2.02. The second-order valence-corrected chi connectivity index (χ2v) is 6.88. The van der Waals surface area contributed by atoms with E-state index in [-0.39, 0.29) is 11.8 Å². The third kappa shape index (κ3) is 3.67. The maximum Gasteiger partial charge on any atom is 0.229 e. The molecule has 1 fully saturated rings. The molecule has 2 aromatic rings. The van der Waals surface area contributed by atoms with Gasteiger partial charge in [0.2, 0.25) is 11.9 Å². The molecule has 3 rings (SSSR count). The van der Waals surface area contributed by atoms with Crippen LogP contribution in [0.3, 0.4) is 0 Å². The van der Waals surface area contributed by atoms with E-state index < -0.39 is 0 Å². The van der Waals surface area contributed by atoms with Gasteiger partial charge in [0.25, 0.3) is 0 Å². The third-order valence-corrected chi connectivity index (χ3v) is 5.09. The van der Waals surface area contributed by atoms with Gasteiger partial charge in [-0.25, -0.2) is 15.0 Å². The molecule has 1 aliphatic rings. The van der Waals surface area contributed by atoms with Gasteiger partial charge in [-0.1, -0.05) is 6.92 Å². The number of carbonyl (C=O) groups is 1. The summed E-state index contributed by atoms with van der Waals surface area (Å²) >= 11 is 1.56. The Bertz CT molecular complexity index is 664. The number of aryl methyl sites for hydroxylation is 2. The van der Waals surface area contributed by atoms with Crippen molar-refractivity contribution in [2.45, 2.75) is 33.1 Å². The summed E-state index contributed by atoms with van der Waals surface area (Å²) in [6, 6.07) is 1.81. The average molecular weight is 331 g/mol. The third-order valence-electron chi connectivity index (χ3n) is 4.16. The summed E-state index contributed by atoms with van der Waals surface area (Å²) in [6.45, 7) is 5.73. The highest BCUT2D eigenvalue weighted by Gasteiger charge is 2.26. The largest absolute Gasteiger partial charge is 0.341 e. The monoisotopic (exact) mass is 331 g/mol. The van der Waals surface area contributed by atoms with E-state index in [1.165, 1.54) is 4.88 Å². The second-order valence-electron chi connectivity index (χ2n) is 5.67. The number of hydrogen-bond donors (Lipinski definition) is 1. The molecule has 3 heterocycles. The standard InChI is InChI=1S/C16H21N5OS/c1-3-13-11(2)23-16(19-13)20-14(22)12-5-9-21(10-6-12)15-17-7-4-8-18-15/h4,7-8,12H,3,5-6,9-10H2,1-2H3,(H,19,20,22). The van der Waals surface area contributed by atoms with Crippen molar-refractivity contribution in [2.75, 3.05) is 23.3 Å². The summed E-state index contributed by atoms with van der Waals surface area (Å²) in [4.78, 5) is 28.8. The first-order chi connectivity index (χ1) is 11.2. The lowest BCUT2D eigenvalue weighted by atomic mass is 9.96. The Morgan fingerprint density at radius 2 is 2.04 bits per heavy atom. The molecule has 1 N–H and O–H groups in total. The predicted molar refractivity (Wildman–Crippen MR) is 91.8 cm³/mol. The van der Waals surface area contributed by atoms with Crippen LogP contribution >= 0.6 is 11.3 Å². The fourth-order valence-electron chi connectivity index (χ4n) is 2.81. The lowest BCUT2D eigenvalue weighted by Crippen LogP contribution is -2.39. The van der Waals surface area contributed by atoms with Gasteiger partial charge >= 0.3 is 0 Å². The fourth-order valence-corrected chi connectivity index (χ4v) is 3.72. The van der Waals surface area contributed by atoms with E-state index in [1.54, 1.807) is 23.7 Å². The molecular formula is C16H21N5OS. The van der Waals surface area contributed by atoms with E-state index in [2.05, 4.69) is 32.1 Å². The normalized spacial score (nSPS) is 15.7. The van der Waals surface area contributed by atoms with E-state index in [0.29, 0.717) is 0 Å². The van der Waals surface area contributed by atoms with Crippen molar-refractivity contribution >= 4 is 28.3 Å². The van der Waals surface area contributed by atoms with Crippen molar-refractivity contribution in [3.8, 4) is 0 Å². The van der Waals surface area contributed by atoms with E-state index in [1.807, 2.05) is 13.0 Å². The molecule has 2 aromatic heterocycles. The molecule has 1 aliphatic heterocycles. The molecule has 23 heavy (non-hydrogen) atoms. The quantitative estimate of drug-likeness (QED) is 0.932. The molecule has 0 bridgehead atoms. The van der Waals surface area contributed by atoms with Crippen LogP contribution in [-0.2, 0) is 11.2 Å². The zero-order valence-electron chi connectivity index (χ0n) is 13.5. The highest BCUT2D eigenvalue weighted by Crippen LogP contribution is 2.25. The molecule has 0 aromatic carbocycles. The second kappa shape index (κ2) is 7.04. The molecule has 122 valence electrons. The highest BCUT2D eigenvalue weighted by molar-refractivity contribution is 7.15. The van der Waals surface area contributed by atoms with Crippen LogP contribution in [0.5, 0.6) is 0 Å². The van der Waals surface area contributed by atoms with Gasteiger partial charge in [0, 0.05) is 36.3 Å². The number of thiazole rings is 1. The van der Waals surface area contributed by atoms with E-state index in [9.17, 15) is 4.79 Å². The summed E-state index contributed by atoms with van der Waals surface area (Å²) in [7, 11) is 0. The van der Waals surface area contributed by atoms with Crippen molar-refractivity contribution < 1.29 is 4.79 Å². The van der Waals surface area contributed by atoms with Gasteiger partial charge < -0.3 is 10.2 Å². The topological polar surface area (TPSA) is 71.0 Å². The first kappa shape index (κ1) is 15.9. The number of hydrogen-bond acceptors (Lipinski definition) is 6. The van der Waals surface area contributed by atoms with E-state index in [4.69, 9.17) is 0 Å². The Labute approximate surface area is 140 Å². The molecule has 0 atom stereocenters. The number of nitrogens with one attached hydrogen (secondary N) is 1. The van der Waals surface area contributed by atoms with Crippen molar-refractivity contribution in [2.24, 2.45) is 5.92 Å². The van der Waals surface area contributed by atoms with Crippen molar-refractivity contribution in [1.29, 1.82) is 0 Å². The Morgan fingerprint density at radius 1 is 1.35 bits per heavy atom. The SMILES string of the molecule is CCc1nc(NC(=O)C2CCN(c3ncccn3)CC2)sc1C. The Kier molecular flexibility index (Phi) is 4.85. The van der Waals surface area contributed by atoms with Crippen LogP contribution in [0.1, 0.15) is 30.3 Å². The maximum atomic E-state index is 12.4. The molecule has 6 nitrogen and oxygen atoms in total. The summed E-state index contributed by atoms with van der Waals surface area (Å²) in [5.74, 6) is 0.855. The minimum Gasteiger partial charge on any atom is -0.341 e. The smallest absolute Gasteiger partial charge is 0.229 e. The lowest BCUT2D eigenvalue weighted by Gasteiger charge is -2.30. The summed E-state index contributed by atoms with van der Waals surface area (Å²) in [5.41, 5.74) is 1.07. The molecule has 0 aliphatic carbocycles. The predicted octanol–water partition coefficient (Wildman–Crippen LogP) is 2.66. The van der Waals surface area contributed by atoms with Crippen LogP contribution in [-0.4, -0.2) is 33.9 Å². The van der Waals surface area contributed by atoms with Gasteiger partial charge in [-0.15, -0.1) is 11.3 Å². The molecular weight excluding hydrogens is 310 g/mol. The number of carbonyl (C=O) groups excluding carboxylic acids is 1. The van der Waals surface area contributed by atoms with Crippen LogP contribution in [0.2, 0.25) is 0 Å². The van der Waals surface area contributed by atoms with Crippen molar-refractivity contribution in [1.82, 2.24) is 15.0 Å². The first-order valence-electron chi connectivity index (χ1n) is 7.96. The average Bonchev–Trinajstić information content (AvgIpc) is 2.95. The summed E-state index contributed by atoms with van der Waals surface area (Å²) < 4.78 is 0. The van der Waals surface area contributed by atoms with Crippen molar-refractivity contribution in [3.63, 3.8) is 0 Å². The van der Waals surface area contributed by atoms with Gasteiger partial charge in [0.05, 0.1) is 5.69 Å². The number of piperidine rings is 1. The first-order valence-corrected chi connectivity index (χ1v) is 8.78. The van der Waals surface area contributed by atoms with Gasteiger partial charge in [-0.05, 0) is 32.3 Å². The zero-order valence-corrected chi connectivity index (χ0v) is 14.3. The van der Waals surface area contributed by atoms with Gasteiger partial charge in [0.15, 0.2) is 5.13 Å². The highest BCUT2D eigenvalue weighted by atomic mass is 32.1. The minimum atomic E-state index is 0.0317. The number of amides is 1. The molecule has 7 heteroatoms. The lowest BCUT2D eigenvalue weighted by molar-refractivity contribution is -0.120. The van der Waals surface area contributed by atoms with E-state index >= 15 is 0 Å². The Balaban J connectivity index is 1.55.